The molecule has 2 aromatic rings. The standard InChI is InChI=1S/C16H14F2O2S/c1-10-3-5-12(6-4-10)16(19)11(2)21(20)15-8-7-13(17)9-14(15)18/h3-9,11H,1-2H3. The third-order valence-electron chi connectivity index (χ3n) is 3.14. The topological polar surface area (TPSA) is 34.1 Å². The van der Waals surface area contributed by atoms with Gasteiger partial charge in [0.1, 0.15) is 11.6 Å². The third-order valence-corrected chi connectivity index (χ3v) is 4.76. The first-order valence-corrected chi connectivity index (χ1v) is 7.58. The molecular weight excluding hydrogens is 294 g/mol. The molecule has 0 heterocycles. The van der Waals surface area contributed by atoms with Crippen molar-refractivity contribution in [3.05, 3.63) is 65.2 Å². The summed E-state index contributed by atoms with van der Waals surface area (Å²) >= 11 is 0. The lowest BCUT2D eigenvalue weighted by atomic mass is 10.1. The summed E-state index contributed by atoms with van der Waals surface area (Å²) in [7, 11) is -1.88. The highest BCUT2D eigenvalue weighted by molar-refractivity contribution is 7.86. The summed E-state index contributed by atoms with van der Waals surface area (Å²) in [5, 5.41) is -0.910. The Bertz CT molecular complexity index is 696. The lowest BCUT2D eigenvalue weighted by Crippen LogP contribution is -2.23. The van der Waals surface area contributed by atoms with Crippen molar-refractivity contribution in [3.63, 3.8) is 0 Å². The number of Topliss-reactive ketones (excluding diaryl/α,β-unsaturated/α-hetero) is 1. The van der Waals surface area contributed by atoms with Gasteiger partial charge in [0.2, 0.25) is 0 Å². The van der Waals surface area contributed by atoms with Gasteiger partial charge in [0.05, 0.1) is 20.9 Å². The van der Waals surface area contributed by atoms with E-state index in [-0.39, 0.29) is 10.7 Å². The zero-order valence-corrected chi connectivity index (χ0v) is 12.4. The fourth-order valence-corrected chi connectivity index (χ4v) is 3.04. The van der Waals surface area contributed by atoms with Crippen LogP contribution < -0.4 is 0 Å². The van der Waals surface area contributed by atoms with Crippen LogP contribution in [-0.4, -0.2) is 15.2 Å². The van der Waals surface area contributed by atoms with Crippen molar-refractivity contribution in [1.29, 1.82) is 0 Å². The van der Waals surface area contributed by atoms with E-state index in [1.165, 1.54) is 6.92 Å². The van der Waals surface area contributed by atoms with Crippen molar-refractivity contribution >= 4 is 16.6 Å². The Morgan fingerprint density at radius 1 is 1.10 bits per heavy atom. The van der Waals surface area contributed by atoms with Gasteiger partial charge in [0.15, 0.2) is 5.78 Å². The van der Waals surface area contributed by atoms with Crippen molar-refractivity contribution in [3.8, 4) is 0 Å². The fourth-order valence-electron chi connectivity index (χ4n) is 1.88. The average Bonchev–Trinajstić information content (AvgIpc) is 2.46. The first kappa shape index (κ1) is 15.5. The molecule has 2 nitrogen and oxygen atoms in total. The minimum Gasteiger partial charge on any atom is -0.293 e. The van der Waals surface area contributed by atoms with Crippen molar-refractivity contribution in [1.82, 2.24) is 0 Å². The summed E-state index contributed by atoms with van der Waals surface area (Å²) in [6.45, 7) is 3.37. The highest BCUT2D eigenvalue weighted by atomic mass is 32.2. The lowest BCUT2D eigenvalue weighted by molar-refractivity contribution is 0.0992. The number of carbonyl (C=O) groups is 1. The van der Waals surface area contributed by atoms with E-state index in [9.17, 15) is 17.8 Å². The Labute approximate surface area is 124 Å². The van der Waals surface area contributed by atoms with E-state index in [1.54, 1.807) is 24.3 Å². The third kappa shape index (κ3) is 3.42. The molecule has 21 heavy (non-hydrogen) atoms. The van der Waals surface area contributed by atoms with Crippen LogP contribution in [-0.2, 0) is 10.8 Å². The summed E-state index contributed by atoms with van der Waals surface area (Å²) < 4.78 is 38.8. The number of aryl methyl sites for hydroxylation is 1. The molecule has 0 fully saturated rings. The maximum absolute atomic E-state index is 13.6. The van der Waals surface area contributed by atoms with Gasteiger partial charge in [-0.15, -0.1) is 0 Å². The number of hydrogen-bond donors (Lipinski definition) is 0. The van der Waals surface area contributed by atoms with Gasteiger partial charge in [0.25, 0.3) is 0 Å². The Morgan fingerprint density at radius 2 is 1.71 bits per heavy atom. The molecule has 0 N–H and O–H groups in total. The van der Waals surface area contributed by atoms with Crippen LogP contribution in [0.2, 0.25) is 0 Å². The molecule has 2 atom stereocenters. The molecule has 5 heteroatoms. The van der Waals surface area contributed by atoms with Crippen LogP contribution >= 0.6 is 0 Å². The van der Waals surface area contributed by atoms with Gasteiger partial charge in [0, 0.05) is 11.6 Å². The molecule has 0 radical (unpaired) electrons. The molecule has 0 aliphatic heterocycles. The van der Waals surface area contributed by atoms with Crippen LogP contribution in [0.5, 0.6) is 0 Å². The van der Waals surface area contributed by atoms with Gasteiger partial charge in [-0.2, -0.15) is 0 Å². The second-order valence-corrected chi connectivity index (χ2v) is 6.49. The molecule has 2 unspecified atom stereocenters. The monoisotopic (exact) mass is 308 g/mol. The van der Waals surface area contributed by atoms with E-state index in [1.807, 2.05) is 6.92 Å². The van der Waals surface area contributed by atoms with Gasteiger partial charge in [-0.25, -0.2) is 8.78 Å². The van der Waals surface area contributed by atoms with E-state index < -0.39 is 27.7 Å². The number of halogens is 2. The highest BCUT2D eigenvalue weighted by Crippen LogP contribution is 2.19. The maximum Gasteiger partial charge on any atom is 0.178 e. The average molecular weight is 308 g/mol. The van der Waals surface area contributed by atoms with Crippen molar-refractivity contribution in [2.24, 2.45) is 0 Å². The van der Waals surface area contributed by atoms with Crippen molar-refractivity contribution in [2.45, 2.75) is 24.0 Å². The maximum atomic E-state index is 13.6. The Hall–Kier alpha value is -1.88. The van der Waals surface area contributed by atoms with Crippen LogP contribution in [0.1, 0.15) is 22.8 Å². The summed E-state index contributed by atoms with van der Waals surface area (Å²) in [5.74, 6) is -1.99. The van der Waals surface area contributed by atoms with Gasteiger partial charge in [-0.1, -0.05) is 29.8 Å². The molecule has 0 saturated heterocycles. The molecule has 0 aliphatic rings. The first-order valence-electron chi connectivity index (χ1n) is 6.36. The largest absolute Gasteiger partial charge is 0.293 e. The van der Waals surface area contributed by atoms with Crippen LogP contribution in [0, 0.1) is 18.6 Å². The van der Waals surface area contributed by atoms with Crippen LogP contribution in [0.4, 0.5) is 8.78 Å². The molecule has 2 aromatic carbocycles. The molecular formula is C16H14F2O2S. The minimum atomic E-state index is -1.88. The fraction of sp³-hybridized carbons (Fsp3) is 0.188. The Morgan fingerprint density at radius 3 is 2.29 bits per heavy atom. The summed E-state index contributed by atoms with van der Waals surface area (Å²) in [6, 6.07) is 9.65. The summed E-state index contributed by atoms with van der Waals surface area (Å²) in [4.78, 5) is 12.1. The van der Waals surface area contributed by atoms with E-state index in [4.69, 9.17) is 0 Å². The summed E-state index contributed by atoms with van der Waals surface area (Å²) in [6.07, 6.45) is 0. The number of rotatable bonds is 4. The van der Waals surface area contributed by atoms with E-state index in [0.717, 1.165) is 17.7 Å². The van der Waals surface area contributed by atoms with Crippen LogP contribution in [0.15, 0.2) is 47.4 Å². The molecule has 0 bridgehead atoms. The molecule has 0 saturated carbocycles. The molecule has 0 aliphatic carbocycles. The molecule has 0 aromatic heterocycles. The SMILES string of the molecule is Cc1ccc(C(=O)C(C)S(=O)c2ccc(F)cc2F)cc1. The highest BCUT2D eigenvalue weighted by Gasteiger charge is 2.24. The predicted octanol–water partition coefficient (Wildman–Crippen LogP) is 3.65. The molecule has 0 spiro atoms. The van der Waals surface area contributed by atoms with Gasteiger partial charge in [-0.05, 0) is 26.0 Å². The first-order chi connectivity index (χ1) is 9.90. The van der Waals surface area contributed by atoms with E-state index >= 15 is 0 Å². The predicted molar refractivity (Wildman–Crippen MR) is 77.7 cm³/mol. The van der Waals surface area contributed by atoms with E-state index in [2.05, 4.69) is 0 Å². The molecule has 110 valence electrons. The minimum absolute atomic E-state index is 0.163. The molecule has 0 amide bonds. The quantitative estimate of drug-likeness (QED) is 0.808. The molecule has 2 rings (SSSR count). The van der Waals surface area contributed by atoms with Gasteiger partial charge >= 0.3 is 0 Å². The second-order valence-electron chi connectivity index (χ2n) is 4.74. The zero-order chi connectivity index (χ0) is 15.6. The number of hydrogen-bond acceptors (Lipinski definition) is 2. The second kappa shape index (κ2) is 6.26. The smallest absolute Gasteiger partial charge is 0.178 e. The van der Waals surface area contributed by atoms with Crippen molar-refractivity contribution in [2.75, 3.05) is 0 Å². The van der Waals surface area contributed by atoms with Crippen LogP contribution in [0.25, 0.3) is 0 Å². The van der Waals surface area contributed by atoms with Crippen molar-refractivity contribution < 1.29 is 17.8 Å². The Balaban J connectivity index is 2.26. The Kier molecular flexibility index (Phi) is 4.63. The zero-order valence-electron chi connectivity index (χ0n) is 11.6. The van der Waals surface area contributed by atoms with E-state index in [0.29, 0.717) is 11.6 Å². The van der Waals surface area contributed by atoms with Gasteiger partial charge in [-0.3, -0.25) is 9.00 Å². The van der Waals surface area contributed by atoms with Gasteiger partial charge < -0.3 is 0 Å². The van der Waals surface area contributed by atoms with Crippen LogP contribution in [0.3, 0.4) is 0 Å². The summed E-state index contributed by atoms with van der Waals surface area (Å²) in [5.41, 5.74) is 1.42. The number of benzene rings is 2. The number of carbonyl (C=O) groups excluding carboxylic acids is 1. The lowest BCUT2D eigenvalue weighted by Gasteiger charge is -2.11. The number of ketones is 1. The normalized spacial score (nSPS) is 13.7.